The Labute approximate surface area is 82.8 Å². The Hall–Kier alpha value is -0.420. The summed E-state index contributed by atoms with van der Waals surface area (Å²) in [6, 6.07) is 4.28. The fourth-order valence-corrected chi connectivity index (χ4v) is 2.72. The van der Waals surface area contributed by atoms with Gasteiger partial charge in [-0.05, 0) is 36.7 Å². The highest BCUT2D eigenvalue weighted by atomic mass is 31.1. The molecule has 0 aromatic carbocycles. The molecule has 1 nitrogen and oxygen atoms in total. The van der Waals surface area contributed by atoms with Crippen LogP contribution in [0.5, 0.6) is 0 Å². The lowest BCUT2D eigenvalue weighted by Crippen LogP contribution is -1.97. The summed E-state index contributed by atoms with van der Waals surface area (Å²) >= 11 is 0. The zero-order valence-electron chi connectivity index (χ0n) is 8.62. The van der Waals surface area contributed by atoms with Crippen molar-refractivity contribution >= 4 is 8.58 Å². The van der Waals surface area contributed by atoms with Crippen LogP contribution in [0.15, 0.2) is 24.5 Å². The van der Waals surface area contributed by atoms with Crippen LogP contribution in [-0.2, 0) is 0 Å². The number of nitrogens with zero attached hydrogens (tertiary/aromatic N) is 1. The molecule has 1 aromatic heterocycles. The summed E-state index contributed by atoms with van der Waals surface area (Å²) in [5, 5.41) is 0. The highest BCUT2D eigenvalue weighted by Crippen LogP contribution is 2.36. The maximum absolute atomic E-state index is 4.04. The van der Waals surface area contributed by atoms with E-state index in [0.29, 0.717) is 0 Å². The van der Waals surface area contributed by atoms with Crippen molar-refractivity contribution in [2.45, 2.75) is 25.9 Å². The van der Waals surface area contributed by atoms with Gasteiger partial charge in [-0.25, -0.2) is 0 Å². The molecule has 1 rings (SSSR count). The van der Waals surface area contributed by atoms with E-state index in [0.717, 1.165) is 20.2 Å². The highest BCUT2D eigenvalue weighted by molar-refractivity contribution is 7.37. The molecule has 1 heterocycles. The van der Waals surface area contributed by atoms with Crippen LogP contribution < -0.4 is 0 Å². The molecule has 0 amide bonds. The smallest absolute Gasteiger partial charge is 0.0270 e. The standard InChI is InChI=1S/C11H18NP/c1-9(2)8-11(13-3)10-4-6-12-7-5-10/h4-7,9,11,13H,8H2,1-3H3. The van der Waals surface area contributed by atoms with Gasteiger partial charge in [0, 0.05) is 18.1 Å². The van der Waals surface area contributed by atoms with Crippen molar-refractivity contribution in [3.63, 3.8) is 0 Å². The first-order valence-corrected chi connectivity index (χ1v) is 6.39. The largest absolute Gasteiger partial charge is 0.265 e. The maximum Gasteiger partial charge on any atom is 0.0270 e. The Morgan fingerprint density at radius 2 is 1.92 bits per heavy atom. The lowest BCUT2D eigenvalue weighted by molar-refractivity contribution is 0.577. The van der Waals surface area contributed by atoms with Crippen LogP contribution in [0.1, 0.15) is 31.5 Å². The summed E-state index contributed by atoms with van der Waals surface area (Å²) in [5.74, 6) is 0.783. The fourth-order valence-electron chi connectivity index (χ4n) is 1.49. The van der Waals surface area contributed by atoms with Crippen LogP contribution in [0, 0.1) is 5.92 Å². The van der Waals surface area contributed by atoms with Crippen molar-refractivity contribution in [1.82, 2.24) is 4.98 Å². The van der Waals surface area contributed by atoms with E-state index in [9.17, 15) is 0 Å². The summed E-state index contributed by atoms with van der Waals surface area (Å²) in [6.45, 7) is 6.86. The Morgan fingerprint density at radius 3 is 2.38 bits per heavy atom. The van der Waals surface area contributed by atoms with E-state index >= 15 is 0 Å². The Kier molecular flexibility index (Phi) is 4.38. The zero-order valence-corrected chi connectivity index (χ0v) is 9.62. The molecule has 0 radical (unpaired) electrons. The van der Waals surface area contributed by atoms with E-state index in [1.807, 2.05) is 12.4 Å². The average molecular weight is 195 g/mol. The predicted octanol–water partition coefficient (Wildman–Crippen LogP) is 3.48. The molecule has 2 heteroatoms. The quantitative estimate of drug-likeness (QED) is 0.670. The molecule has 2 atom stereocenters. The third-order valence-electron chi connectivity index (χ3n) is 2.16. The molecule has 0 aliphatic heterocycles. The van der Waals surface area contributed by atoms with Crippen molar-refractivity contribution < 1.29 is 0 Å². The third kappa shape index (κ3) is 3.44. The van der Waals surface area contributed by atoms with Gasteiger partial charge in [0.05, 0.1) is 0 Å². The minimum atomic E-state index is 0.739. The first kappa shape index (κ1) is 10.7. The summed E-state index contributed by atoms with van der Waals surface area (Å²) in [7, 11) is 0.991. The van der Waals surface area contributed by atoms with Crippen LogP contribution in [0.2, 0.25) is 0 Å². The van der Waals surface area contributed by atoms with Crippen molar-refractivity contribution in [1.29, 1.82) is 0 Å². The first-order chi connectivity index (χ1) is 6.24. The molecule has 13 heavy (non-hydrogen) atoms. The van der Waals surface area contributed by atoms with Gasteiger partial charge in [0.1, 0.15) is 0 Å². The molecular formula is C11H18NP. The lowest BCUT2D eigenvalue weighted by Gasteiger charge is -2.17. The number of rotatable bonds is 4. The van der Waals surface area contributed by atoms with E-state index in [4.69, 9.17) is 0 Å². The van der Waals surface area contributed by atoms with E-state index in [-0.39, 0.29) is 0 Å². The predicted molar refractivity (Wildman–Crippen MR) is 60.7 cm³/mol. The maximum atomic E-state index is 4.04. The lowest BCUT2D eigenvalue weighted by atomic mass is 10.0. The Balaban J connectivity index is 2.67. The second-order valence-electron chi connectivity index (χ2n) is 3.75. The van der Waals surface area contributed by atoms with Crippen molar-refractivity contribution in [2.24, 2.45) is 5.92 Å². The molecule has 0 N–H and O–H groups in total. The minimum Gasteiger partial charge on any atom is -0.265 e. The minimum absolute atomic E-state index is 0.739. The fraction of sp³-hybridized carbons (Fsp3) is 0.545. The monoisotopic (exact) mass is 195 g/mol. The molecule has 1 aromatic rings. The van der Waals surface area contributed by atoms with Crippen LogP contribution in [0.25, 0.3) is 0 Å². The topological polar surface area (TPSA) is 12.9 Å². The summed E-state index contributed by atoms with van der Waals surface area (Å²) in [5.41, 5.74) is 2.19. The SMILES string of the molecule is CPC(CC(C)C)c1ccncc1. The number of hydrogen-bond donors (Lipinski definition) is 0. The van der Waals surface area contributed by atoms with Gasteiger partial charge in [-0.2, -0.15) is 0 Å². The number of pyridine rings is 1. The van der Waals surface area contributed by atoms with Crippen molar-refractivity contribution in [3.05, 3.63) is 30.1 Å². The van der Waals surface area contributed by atoms with Gasteiger partial charge < -0.3 is 0 Å². The normalized spacial score (nSPS) is 14.2. The second-order valence-corrected chi connectivity index (χ2v) is 5.03. The van der Waals surface area contributed by atoms with Gasteiger partial charge in [0.2, 0.25) is 0 Å². The van der Waals surface area contributed by atoms with Gasteiger partial charge in [-0.15, -0.1) is 8.58 Å². The summed E-state index contributed by atoms with van der Waals surface area (Å²) < 4.78 is 0. The number of hydrogen-bond acceptors (Lipinski definition) is 1. The molecule has 0 aliphatic carbocycles. The second kappa shape index (κ2) is 5.34. The van der Waals surface area contributed by atoms with E-state index in [1.54, 1.807) is 0 Å². The molecule has 2 unspecified atom stereocenters. The van der Waals surface area contributed by atoms with Crippen LogP contribution in [-0.4, -0.2) is 11.6 Å². The van der Waals surface area contributed by atoms with Crippen molar-refractivity contribution in [3.8, 4) is 0 Å². The van der Waals surface area contributed by atoms with Gasteiger partial charge in [-0.1, -0.05) is 13.8 Å². The third-order valence-corrected chi connectivity index (χ3v) is 3.43. The molecule has 0 saturated heterocycles. The van der Waals surface area contributed by atoms with E-state index < -0.39 is 0 Å². The molecule has 0 spiro atoms. The van der Waals surface area contributed by atoms with Gasteiger partial charge in [0.15, 0.2) is 0 Å². The van der Waals surface area contributed by atoms with E-state index in [2.05, 4.69) is 37.6 Å². The van der Waals surface area contributed by atoms with Crippen molar-refractivity contribution in [2.75, 3.05) is 6.66 Å². The van der Waals surface area contributed by atoms with Crippen LogP contribution in [0.4, 0.5) is 0 Å². The average Bonchev–Trinajstić information content (AvgIpc) is 2.15. The zero-order chi connectivity index (χ0) is 9.68. The van der Waals surface area contributed by atoms with Gasteiger partial charge >= 0.3 is 0 Å². The number of aromatic nitrogens is 1. The first-order valence-electron chi connectivity index (χ1n) is 4.81. The summed E-state index contributed by atoms with van der Waals surface area (Å²) in [4.78, 5) is 4.04. The molecular weight excluding hydrogens is 177 g/mol. The van der Waals surface area contributed by atoms with Gasteiger partial charge in [0.25, 0.3) is 0 Å². The molecule has 72 valence electrons. The molecule has 0 bridgehead atoms. The molecule has 0 fully saturated rings. The van der Waals surface area contributed by atoms with Crippen LogP contribution in [0.3, 0.4) is 0 Å². The highest BCUT2D eigenvalue weighted by Gasteiger charge is 2.10. The van der Waals surface area contributed by atoms with E-state index in [1.165, 1.54) is 12.0 Å². The molecule has 0 saturated carbocycles. The Morgan fingerprint density at radius 1 is 1.31 bits per heavy atom. The molecule has 0 aliphatic rings. The van der Waals surface area contributed by atoms with Gasteiger partial charge in [-0.3, -0.25) is 4.98 Å². The Bertz CT molecular complexity index is 233. The van der Waals surface area contributed by atoms with Crippen LogP contribution >= 0.6 is 8.58 Å². The summed E-state index contributed by atoms with van der Waals surface area (Å²) in [6.07, 6.45) is 5.07.